The number of carbonyl (C=O) groups excluding carboxylic acids is 2. The molecule has 3 rings (SSSR count). The summed E-state index contributed by atoms with van der Waals surface area (Å²) in [5.41, 5.74) is 2.73. The van der Waals surface area contributed by atoms with E-state index in [4.69, 9.17) is 4.74 Å². The molecule has 0 unspecified atom stereocenters. The van der Waals surface area contributed by atoms with Crippen molar-refractivity contribution >= 4 is 40.1 Å². The molecule has 2 N–H and O–H groups in total. The van der Waals surface area contributed by atoms with Gasteiger partial charge in [-0.15, -0.1) is 0 Å². The number of methoxy groups -OCH3 is 1. The average Bonchev–Trinajstić information content (AvgIpc) is 2.73. The van der Waals surface area contributed by atoms with Crippen LogP contribution in [0.15, 0.2) is 72.8 Å². The minimum absolute atomic E-state index is 0.161. The van der Waals surface area contributed by atoms with Crippen LogP contribution in [0.1, 0.15) is 26.3 Å². The third-order valence-corrected chi connectivity index (χ3v) is 4.96. The van der Waals surface area contributed by atoms with Crippen LogP contribution in [0.5, 0.6) is 5.75 Å². The lowest BCUT2D eigenvalue weighted by Gasteiger charge is -2.09. The zero-order chi connectivity index (χ0) is 19.9. The van der Waals surface area contributed by atoms with Crippen LogP contribution in [0, 0.1) is 3.57 Å². The number of rotatable bonds is 6. The van der Waals surface area contributed by atoms with Crippen molar-refractivity contribution < 1.29 is 14.3 Å². The van der Waals surface area contributed by atoms with E-state index in [9.17, 15) is 9.59 Å². The Morgan fingerprint density at radius 3 is 2.21 bits per heavy atom. The van der Waals surface area contributed by atoms with Crippen molar-refractivity contribution in [3.63, 3.8) is 0 Å². The van der Waals surface area contributed by atoms with Gasteiger partial charge in [-0.3, -0.25) is 9.59 Å². The molecule has 3 aromatic rings. The molecular weight excluding hydrogens is 467 g/mol. The maximum atomic E-state index is 12.4. The van der Waals surface area contributed by atoms with E-state index in [1.54, 1.807) is 49.6 Å². The van der Waals surface area contributed by atoms with Crippen molar-refractivity contribution in [2.75, 3.05) is 12.4 Å². The summed E-state index contributed by atoms with van der Waals surface area (Å²) in [7, 11) is 1.59. The number of halogens is 1. The van der Waals surface area contributed by atoms with Crippen LogP contribution in [0.25, 0.3) is 0 Å². The molecule has 0 aliphatic carbocycles. The lowest BCUT2D eigenvalue weighted by atomic mass is 10.1. The number of anilines is 1. The first kappa shape index (κ1) is 19.9. The fourth-order valence-corrected chi connectivity index (χ4v) is 3.33. The zero-order valence-corrected chi connectivity index (χ0v) is 17.4. The monoisotopic (exact) mass is 486 g/mol. The standard InChI is InChI=1S/C22H19IN2O3/c1-28-20-12-9-17(13-19(20)23)22(27)25-18-10-7-16(8-11-18)21(26)24-14-15-5-3-2-4-6-15/h2-13H,14H2,1H3,(H,24,26)(H,25,27). The molecule has 142 valence electrons. The molecule has 0 fully saturated rings. The van der Waals surface area contributed by atoms with Gasteiger partial charge in [-0.2, -0.15) is 0 Å². The quantitative estimate of drug-likeness (QED) is 0.505. The van der Waals surface area contributed by atoms with Gasteiger partial charge in [0.2, 0.25) is 0 Å². The summed E-state index contributed by atoms with van der Waals surface area (Å²) < 4.78 is 6.06. The predicted molar refractivity (Wildman–Crippen MR) is 118 cm³/mol. The molecule has 0 heterocycles. The molecule has 6 heteroatoms. The van der Waals surface area contributed by atoms with Crippen LogP contribution in [0.3, 0.4) is 0 Å². The molecule has 0 aromatic heterocycles. The Labute approximate surface area is 177 Å². The second kappa shape index (κ2) is 9.36. The van der Waals surface area contributed by atoms with Crippen LogP contribution in [-0.4, -0.2) is 18.9 Å². The lowest BCUT2D eigenvalue weighted by Crippen LogP contribution is -2.22. The molecule has 0 atom stereocenters. The SMILES string of the molecule is COc1ccc(C(=O)Nc2ccc(C(=O)NCc3ccccc3)cc2)cc1I. The highest BCUT2D eigenvalue weighted by atomic mass is 127. The first-order chi connectivity index (χ1) is 13.6. The Bertz CT molecular complexity index is 973. The maximum Gasteiger partial charge on any atom is 0.255 e. The van der Waals surface area contributed by atoms with Crippen molar-refractivity contribution in [1.82, 2.24) is 5.32 Å². The van der Waals surface area contributed by atoms with Gasteiger partial charge in [-0.05, 0) is 70.6 Å². The Kier molecular flexibility index (Phi) is 6.65. The van der Waals surface area contributed by atoms with Crippen LogP contribution < -0.4 is 15.4 Å². The fraction of sp³-hybridized carbons (Fsp3) is 0.0909. The third kappa shape index (κ3) is 5.10. The summed E-state index contributed by atoms with van der Waals surface area (Å²) in [4.78, 5) is 24.7. The molecule has 2 amide bonds. The number of hydrogen-bond donors (Lipinski definition) is 2. The van der Waals surface area contributed by atoms with E-state index >= 15 is 0 Å². The normalized spacial score (nSPS) is 10.2. The number of ether oxygens (including phenoxy) is 1. The summed E-state index contributed by atoms with van der Waals surface area (Å²) in [6.45, 7) is 0.467. The Hall–Kier alpha value is -2.87. The largest absolute Gasteiger partial charge is 0.496 e. The molecule has 0 aliphatic rings. The van der Waals surface area contributed by atoms with Gasteiger partial charge in [0.15, 0.2) is 0 Å². The highest BCUT2D eigenvalue weighted by molar-refractivity contribution is 14.1. The molecule has 0 aliphatic heterocycles. The summed E-state index contributed by atoms with van der Waals surface area (Å²) in [6.07, 6.45) is 0. The molecule has 0 saturated heterocycles. The van der Waals surface area contributed by atoms with E-state index < -0.39 is 0 Å². The van der Waals surface area contributed by atoms with Crippen LogP contribution in [0.2, 0.25) is 0 Å². The van der Waals surface area contributed by atoms with Crippen LogP contribution >= 0.6 is 22.6 Å². The van der Waals surface area contributed by atoms with Gasteiger partial charge < -0.3 is 15.4 Å². The van der Waals surface area contributed by atoms with E-state index in [0.29, 0.717) is 23.4 Å². The van der Waals surface area contributed by atoms with E-state index in [1.165, 1.54) is 0 Å². The summed E-state index contributed by atoms with van der Waals surface area (Å²) in [5, 5.41) is 5.71. The number of hydrogen-bond acceptors (Lipinski definition) is 3. The Balaban J connectivity index is 1.60. The average molecular weight is 486 g/mol. The topological polar surface area (TPSA) is 67.4 Å². The smallest absolute Gasteiger partial charge is 0.255 e. The van der Waals surface area contributed by atoms with Crippen molar-refractivity contribution in [2.24, 2.45) is 0 Å². The Morgan fingerprint density at radius 2 is 1.57 bits per heavy atom. The fourth-order valence-electron chi connectivity index (χ4n) is 2.60. The first-order valence-corrected chi connectivity index (χ1v) is 9.72. The molecule has 0 radical (unpaired) electrons. The van der Waals surface area contributed by atoms with Gasteiger partial charge in [-0.1, -0.05) is 30.3 Å². The van der Waals surface area contributed by atoms with Gasteiger partial charge in [0.25, 0.3) is 11.8 Å². The number of nitrogens with one attached hydrogen (secondary N) is 2. The van der Waals surface area contributed by atoms with Gasteiger partial charge >= 0.3 is 0 Å². The molecule has 0 spiro atoms. The van der Waals surface area contributed by atoms with Crippen molar-refractivity contribution in [3.8, 4) is 5.75 Å². The summed E-state index contributed by atoms with van der Waals surface area (Å²) in [5.74, 6) is 0.344. The van der Waals surface area contributed by atoms with Crippen molar-refractivity contribution in [1.29, 1.82) is 0 Å². The second-order valence-corrected chi connectivity index (χ2v) is 7.21. The minimum Gasteiger partial charge on any atom is -0.496 e. The van der Waals surface area contributed by atoms with Gasteiger partial charge in [0, 0.05) is 23.4 Å². The molecule has 3 aromatic carbocycles. The molecule has 28 heavy (non-hydrogen) atoms. The zero-order valence-electron chi connectivity index (χ0n) is 15.2. The minimum atomic E-state index is -0.221. The van der Waals surface area contributed by atoms with E-state index in [-0.39, 0.29) is 11.8 Å². The molecule has 0 saturated carbocycles. The predicted octanol–water partition coefficient (Wildman–Crippen LogP) is 4.48. The van der Waals surface area contributed by atoms with E-state index in [2.05, 4.69) is 33.2 Å². The third-order valence-electron chi connectivity index (χ3n) is 4.11. The first-order valence-electron chi connectivity index (χ1n) is 8.64. The van der Waals surface area contributed by atoms with Gasteiger partial charge in [0.1, 0.15) is 5.75 Å². The van der Waals surface area contributed by atoms with Crippen LogP contribution in [-0.2, 0) is 6.54 Å². The lowest BCUT2D eigenvalue weighted by molar-refractivity contribution is 0.0950. The number of amides is 2. The van der Waals surface area contributed by atoms with Crippen LogP contribution in [0.4, 0.5) is 5.69 Å². The molecular formula is C22H19IN2O3. The Morgan fingerprint density at radius 1 is 0.893 bits per heavy atom. The van der Waals surface area contributed by atoms with E-state index in [1.807, 2.05) is 30.3 Å². The number of benzene rings is 3. The van der Waals surface area contributed by atoms with Crippen molar-refractivity contribution in [2.45, 2.75) is 6.54 Å². The highest BCUT2D eigenvalue weighted by Gasteiger charge is 2.10. The number of carbonyl (C=O) groups is 2. The molecule has 5 nitrogen and oxygen atoms in total. The van der Waals surface area contributed by atoms with Gasteiger partial charge in [0.05, 0.1) is 10.7 Å². The summed E-state index contributed by atoms with van der Waals surface area (Å²) in [6, 6.07) is 21.8. The van der Waals surface area contributed by atoms with Gasteiger partial charge in [-0.25, -0.2) is 0 Å². The summed E-state index contributed by atoms with van der Waals surface area (Å²) >= 11 is 2.12. The highest BCUT2D eigenvalue weighted by Crippen LogP contribution is 2.22. The second-order valence-electron chi connectivity index (χ2n) is 6.05. The van der Waals surface area contributed by atoms with E-state index in [0.717, 1.165) is 14.9 Å². The molecule has 0 bridgehead atoms. The maximum absolute atomic E-state index is 12.4. The van der Waals surface area contributed by atoms with Crippen molar-refractivity contribution in [3.05, 3.63) is 93.1 Å².